The molecule has 100 valence electrons. The SMILES string of the molecule is COc1cc(-c2ccc[nH]2)[nH]c1C=NC1CCCC1. The Balaban J connectivity index is 1.83. The lowest BCUT2D eigenvalue weighted by Crippen LogP contribution is -1.97. The fourth-order valence-corrected chi connectivity index (χ4v) is 2.59. The average Bonchev–Trinajstić information content (AvgIpc) is 3.16. The molecule has 2 N–H and O–H groups in total. The van der Waals surface area contributed by atoms with Gasteiger partial charge in [0.05, 0.1) is 30.2 Å². The summed E-state index contributed by atoms with van der Waals surface area (Å²) >= 11 is 0. The predicted octanol–water partition coefficient (Wildman–Crippen LogP) is 3.38. The average molecular weight is 257 g/mol. The lowest BCUT2D eigenvalue weighted by molar-refractivity contribution is 0.415. The Labute approximate surface area is 112 Å². The summed E-state index contributed by atoms with van der Waals surface area (Å²) in [5.41, 5.74) is 3.02. The van der Waals surface area contributed by atoms with Crippen LogP contribution in [0, 0.1) is 0 Å². The fraction of sp³-hybridized carbons (Fsp3) is 0.400. The van der Waals surface area contributed by atoms with Gasteiger partial charge in [0.25, 0.3) is 0 Å². The van der Waals surface area contributed by atoms with Crippen LogP contribution in [0.1, 0.15) is 31.4 Å². The molecule has 0 saturated heterocycles. The summed E-state index contributed by atoms with van der Waals surface area (Å²) in [6.07, 6.45) is 8.86. The molecule has 0 unspecified atom stereocenters. The van der Waals surface area contributed by atoms with Crippen LogP contribution in [-0.4, -0.2) is 29.3 Å². The third-order valence-electron chi connectivity index (χ3n) is 3.66. The van der Waals surface area contributed by atoms with Crippen LogP contribution in [0.3, 0.4) is 0 Å². The Morgan fingerprint density at radius 2 is 2.16 bits per heavy atom. The third-order valence-corrected chi connectivity index (χ3v) is 3.66. The molecule has 0 aliphatic heterocycles. The Bertz CT molecular complexity index is 548. The molecule has 3 rings (SSSR count). The van der Waals surface area contributed by atoms with Crippen LogP contribution >= 0.6 is 0 Å². The first-order chi connectivity index (χ1) is 9.36. The first kappa shape index (κ1) is 12.1. The topological polar surface area (TPSA) is 53.2 Å². The number of rotatable bonds is 4. The van der Waals surface area contributed by atoms with Gasteiger partial charge in [0.15, 0.2) is 0 Å². The second-order valence-corrected chi connectivity index (χ2v) is 4.97. The summed E-state index contributed by atoms with van der Waals surface area (Å²) in [4.78, 5) is 11.2. The second kappa shape index (κ2) is 5.34. The molecule has 2 aromatic rings. The number of methoxy groups -OCH3 is 1. The van der Waals surface area contributed by atoms with E-state index in [1.54, 1.807) is 7.11 Å². The van der Waals surface area contributed by atoms with Crippen molar-refractivity contribution in [2.45, 2.75) is 31.7 Å². The molecule has 0 bridgehead atoms. The Kier molecular flexibility index (Phi) is 3.40. The summed E-state index contributed by atoms with van der Waals surface area (Å²) in [6.45, 7) is 0. The van der Waals surface area contributed by atoms with Gasteiger partial charge in [0.2, 0.25) is 0 Å². The molecule has 1 fully saturated rings. The number of hydrogen-bond acceptors (Lipinski definition) is 2. The van der Waals surface area contributed by atoms with E-state index >= 15 is 0 Å². The summed E-state index contributed by atoms with van der Waals surface area (Å²) in [7, 11) is 1.69. The molecule has 1 aliphatic carbocycles. The minimum atomic E-state index is 0.488. The zero-order valence-corrected chi connectivity index (χ0v) is 11.1. The summed E-state index contributed by atoms with van der Waals surface area (Å²) in [5.74, 6) is 0.839. The van der Waals surface area contributed by atoms with Gasteiger partial charge in [-0.25, -0.2) is 0 Å². The van der Waals surface area contributed by atoms with Gasteiger partial charge in [-0.2, -0.15) is 0 Å². The lowest BCUT2D eigenvalue weighted by Gasteiger charge is -2.01. The molecule has 0 radical (unpaired) electrons. The smallest absolute Gasteiger partial charge is 0.146 e. The first-order valence-electron chi connectivity index (χ1n) is 6.81. The van der Waals surface area contributed by atoms with Crippen molar-refractivity contribution in [1.29, 1.82) is 0 Å². The standard InChI is InChI=1S/C15H19N3O/c1-19-15-9-13(12-7-4-8-16-12)18-14(15)10-17-11-5-2-3-6-11/h4,7-11,16,18H,2-3,5-6H2,1H3. The molecular formula is C15H19N3O. The van der Waals surface area contributed by atoms with Gasteiger partial charge < -0.3 is 14.7 Å². The van der Waals surface area contributed by atoms with Crippen LogP contribution in [0.5, 0.6) is 5.75 Å². The molecule has 19 heavy (non-hydrogen) atoms. The van der Waals surface area contributed by atoms with Crippen LogP contribution in [0.4, 0.5) is 0 Å². The molecule has 1 saturated carbocycles. The maximum absolute atomic E-state index is 5.40. The molecule has 2 aromatic heterocycles. The monoisotopic (exact) mass is 257 g/mol. The highest BCUT2D eigenvalue weighted by Gasteiger charge is 2.14. The number of H-pyrrole nitrogens is 2. The number of ether oxygens (including phenoxy) is 1. The summed E-state index contributed by atoms with van der Waals surface area (Å²) in [6, 6.07) is 6.50. The van der Waals surface area contributed by atoms with E-state index in [1.807, 2.05) is 30.6 Å². The molecule has 4 nitrogen and oxygen atoms in total. The van der Waals surface area contributed by atoms with Crippen molar-refractivity contribution >= 4 is 6.21 Å². The lowest BCUT2D eigenvalue weighted by atomic mass is 10.3. The highest BCUT2D eigenvalue weighted by atomic mass is 16.5. The van der Waals surface area contributed by atoms with E-state index in [2.05, 4.69) is 15.0 Å². The van der Waals surface area contributed by atoms with Gasteiger partial charge in [0.1, 0.15) is 5.75 Å². The molecule has 0 aromatic carbocycles. The number of aliphatic imine (C=N–C) groups is 1. The van der Waals surface area contributed by atoms with Crippen LogP contribution < -0.4 is 4.74 Å². The maximum atomic E-state index is 5.40. The number of aromatic nitrogens is 2. The van der Waals surface area contributed by atoms with E-state index in [0.29, 0.717) is 6.04 Å². The maximum Gasteiger partial charge on any atom is 0.146 e. The largest absolute Gasteiger partial charge is 0.494 e. The van der Waals surface area contributed by atoms with E-state index in [1.165, 1.54) is 25.7 Å². The van der Waals surface area contributed by atoms with Crippen molar-refractivity contribution < 1.29 is 4.74 Å². The molecule has 0 atom stereocenters. The van der Waals surface area contributed by atoms with Crippen LogP contribution in [-0.2, 0) is 0 Å². The number of nitrogens with one attached hydrogen (secondary N) is 2. The third kappa shape index (κ3) is 2.57. The van der Waals surface area contributed by atoms with Crippen LogP contribution in [0.2, 0.25) is 0 Å². The summed E-state index contributed by atoms with van der Waals surface area (Å²) in [5, 5.41) is 0. The molecule has 0 amide bonds. The molecular weight excluding hydrogens is 238 g/mol. The quantitative estimate of drug-likeness (QED) is 0.810. The highest BCUT2D eigenvalue weighted by Crippen LogP contribution is 2.26. The van der Waals surface area contributed by atoms with Crippen molar-refractivity contribution in [3.63, 3.8) is 0 Å². The minimum Gasteiger partial charge on any atom is -0.494 e. The van der Waals surface area contributed by atoms with Gasteiger partial charge in [-0.15, -0.1) is 0 Å². The van der Waals surface area contributed by atoms with Gasteiger partial charge in [-0.05, 0) is 25.0 Å². The van der Waals surface area contributed by atoms with Crippen LogP contribution in [0.15, 0.2) is 29.4 Å². The van der Waals surface area contributed by atoms with Crippen molar-refractivity contribution in [1.82, 2.24) is 9.97 Å². The predicted molar refractivity (Wildman–Crippen MR) is 77.0 cm³/mol. The van der Waals surface area contributed by atoms with E-state index in [9.17, 15) is 0 Å². The number of aromatic amines is 2. The van der Waals surface area contributed by atoms with Gasteiger partial charge in [-0.1, -0.05) is 12.8 Å². The first-order valence-corrected chi connectivity index (χ1v) is 6.81. The minimum absolute atomic E-state index is 0.488. The van der Waals surface area contributed by atoms with Crippen molar-refractivity contribution in [2.75, 3.05) is 7.11 Å². The number of nitrogens with zero attached hydrogens (tertiary/aromatic N) is 1. The zero-order chi connectivity index (χ0) is 13.1. The highest BCUT2D eigenvalue weighted by molar-refractivity contribution is 5.83. The molecule has 0 spiro atoms. The zero-order valence-electron chi connectivity index (χ0n) is 11.1. The van der Waals surface area contributed by atoms with Gasteiger partial charge >= 0.3 is 0 Å². The van der Waals surface area contributed by atoms with E-state index in [0.717, 1.165) is 22.8 Å². The summed E-state index contributed by atoms with van der Waals surface area (Å²) < 4.78 is 5.40. The molecule has 4 heteroatoms. The van der Waals surface area contributed by atoms with Gasteiger partial charge in [-0.3, -0.25) is 4.99 Å². The Morgan fingerprint density at radius 1 is 1.32 bits per heavy atom. The van der Waals surface area contributed by atoms with Crippen molar-refractivity contribution in [3.8, 4) is 17.1 Å². The normalized spacial score (nSPS) is 16.5. The Morgan fingerprint density at radius 3 is 2.84 bits per heavy atom. The van der Waals surface area contributed by atoms with Gasteiger partial charge in [0, 0.05) is 18.5 Å². The molecule has 1 aliphatic rings. The molecule has 2 heterocycles. The van der Waals surface area contributed by atoms with E-state index < -0.39 is 0 Å². The van der Waals surface area contributed by atoms with Crippen LogP contribution in [0.25, 0.3) is 11.4 Å². The second-order valence-electron chi connectivity index (χ2n) is 4.97. The van der Waals surface area contributed by atoms with E-state index in [4.69, 9.17) is 4.74 Å². The van der Waals surface area contributed by atoms with Crippen molar-refractivity contribution in [3.05, 3.63) is 30.1 Å². The Hall–Kier alpha value is -1.97. The van der Waals surface area contributed by atoms with Crippen molar-refractivity contribution in [2.24, 2.45) is 4.99 Å². The van der Waals surface area contributed by atoms with E-state index in [-0.39, 0.29) is 0 Å². The number of hydrogen-bond donors (Lipinski definition) is 2. The fourth-order valence-electron chi connectivity index (χ4n) is 2.59.